The molecule has 0 aromatic rings. The van der Waals surface area contributed by atoms with Gasteiger partial charge in [0.25, 0.3) is 0 Å². The van der Waals surface area contributed by atoms with Crippen LogP contribution in [0.15, 0.2) is 18.1 Å². The molecule has 33 heavy (non-hydrogen) atoms. The number of hydrogen-bond donors (Lipinski definition) is 0. The summed E-state index contributed by atoms with van der Waals surface area (Å²) in [5.41, 5.74) is 0. The van der Waals surface area contributed by atoms with Crippen LogP contribution in [0.1, 0.15) is 0 Å². The third kappa shape index (κ3) is 8.48. The molecule has 0 aliphatic rings. The van der Waals surface area contributed by atoms with Gasteiger partial charge in [0.15, 0.2) is 0 Å². The van der Waals surface area contributed by atoms with Gasteiger partial charge in [0.2, 0.25) is 0 Å². The van der Waals surface area contributed by atoms with E-state index in [4.69, 9.17) is 18.1 Å². The van der Waals surface area contributed by atoms with Crippen molar-refractivity contribution in [3.05, 3.63) is 0 Å². The van der Waals surface area contributed by atoms with Gasteiger partial charge in [-0.05, 0) is 125 Å². The Bertz CT molecular complexity index is 860. The van der Waals surface area contributed by atoms with Gasteiger partial charge in [-0.15, -0.1) is 0 Å². The Morgan fingerprint density at radius 3 is 0.879 bits per heavy atom. The molecule has 0 aliphatic heterocycles. The van der Waals surface area contributed by atoms with Crippen LogP contribution in [0.5, 0.6) is 0 Å². The summed E-state index contributed by atoms with van der Waals surface area (Å²) >= 11 is 0. The summed E-state index contributed by atoms with van der Waals surface area (Å²) in [7, 11) is 10.7. The zero-order valence-electron chi connectivity index (χ0n) is 24.1. The van der Waals surface area contributed by atoms with Gasteiger partial charge in [-0.1, -0.05) is 0 Å². The highest BCUT2D eigenvalue weighted by Crippen LogP contribution is 2.78. The number of rotatable bonds is 10. The first-order valence-corrected chi connectivity index (χ1v) is 21.0. The number of hydrogen-bond acceptors (Lipinski definition) is 1. The van der Waals surface area contributed by atoms with Crippen molar-refractivity contribution < 1.29 is 4.57 Å². The third-order valence-corrected chi connectivity index (χ3v) is 23.1. The van der Waals surface area contributed by atoms with Gasteiger partial charge in [0.1, 0.15) is 14.7 Å². The standard InChI is InChI=1S/C17H51N10OP5/c1-22(2)30(16,23(3)4)19-32(18-29(13,14)15,20-31(17,24(5)6)25(7)8)21-33(28,26(9)10)27(11)12/h1-17H3. The van der Waals surface area contributed by atoms with Crippen molar-refractivity contribution in [3.8, 4) is 0 Å². The Balaban J connectivity index is 8.52. The molecule has 0 unspecified atom stereocenters. The highest BCUT2D eigenvalue weighted by Gasteiger charge is 2.37. The lowest BCUT2D eigenvalue weighted by atomic mass is 11.3. The minimum atomic E-state index is -3.32. The molecule has 200 valence electrons. The first kappa shape index (κ1) is 33.9. The molecule has 0 amide bonds. The van der Waals surface area contributed by atoms with Crippen LogP contribution < -0.4 is 0 Å². The minimum absolute atomic E-state index is 1.69. The molecular formula is C17H51N10OP5. The van der Waals surface area contributed by atoms with E-state index in [9.17, 15) is 4.57 Å². The normalized spacial score (nSPS) is 14.8. The Morgan fingerprint density at radius 1 is 0.424 bits per heavy atom. The van der Waals surface area contributed by atoms with Crippen LogP contribution in [-0.2, 0) is 4.57 Å². The van der Waals surface area contributed by atoms with Crippen LogP contribution >= 0.6 is 36.9 Å². The van der Waals surface area contributed by atoms with Crippen LogP contribution in [0.4, 0.5) is 0 Å². The maximum atomic E-state index is 14.3. The van der Waals surface area contributed by atoms with E-state index in [1.807, 2.05) is 56.4 Å². The molecule has 0 aromatic heterocycles. The van der Waals surface area contributed by atoms with Crippen LogP contribution in [0.2, 0.25) is 0 Å². The second kappa shape index (κ2) is 12.0. The lowest BCUT2D eigenvalue weighted by molar-refractivity contribution is 0.450. The average molecular weight is 567 g/mol. The van der Waals surface area contributed by atoms with Crippen molar-refractivity contribution in [3.63, 3.8) is 0 Å². The molecule has 0 N–H and O–H groups in total. The van der Waals surface area contributed by atoms with Gasteiger partial charge in [-0.3, -0.25) is 23.2 Å². The highest BCUT2D eigenvalue weighted by atomic mass is 31.3. The predicted octanol–water partition coefficient (Wildman–Crippen LogP) is 5.82. The van der Waals surface area contributed by atoms with E-state index in [0.717, 1.165) is 0 Å². The maximum absolute atomic E-state index is 14.3. The zero-order valence-corrected chi connectivity index (χ0v) is 28.6. The van der Waals surface area contributed by atoms with E-state index in [2.05, 4.69) is 52.0 Å². The van der Waals surface area contributed by atoms with Crippen LogP contribution in [0, 0.1) is 0 Å². The summed E-state index contributed by atoms with van der Waals surface area (Å²) in [6.07, 6.45) is 0. The molecule has 16 heteroatoms. The molecular weight excluding hydrogens is 515 g/mol. The molecule has 0 radical (unpaired) electrons. The molecule has 0 fully saturated rings. The summed E-state index contributed by atoms with van der Waals surface area (Å²) in [6, 6.07) is 0. The minimum Gasteiger partial charge on any atom is -0.264 e. The van der Waals surface area contributed by atoms with Gasteiger partial charge in [-0.25, -0.2) is 13.9 Å². The first-order valence-electron chi connectivity index (χ1n) is 10.6. The molecule has 0 aliphatic carbocycles. The van der Waals surface area contributed by atoms with Gasteiger partial charge in [-0.2, -0.15) is 13.5 Å². The van der Waals surface area contributed by atoms with Crippen molar-refractivity contribution in [2.75, 3.05) is 118 Å². The molecule has 0 spiro atoms. The molecule has 0 heterocycles. The maximum Gasteiger partial charge on any atom is 0.331 e. The lowest BCUT2D eigenvalue weighted by Crippen LogP contribution is -2.21. The third-order valence-electron chi connectivity index (χ3n) is 5.28. The summed E-state index contributed by atoms with van der Waals surface area (Å²) in [6.45, 7) is 10.7. The highest BCUT2D eigenvalue weighted by molar-refractivity contribution is 7.84. The molecule has 11 nitrogen and oxygen atoms in total. The van der Waals surface area contributed by atoms with Gasteiger partial charge < -0.3 is 0 Å². The van der Waals surface area contributed by atoms with Crippen molar-refractivity contribution >= 4 is 36.9 Å². The van der Waals surface area contributed by atoms with E-state index >= 15 is 0 Å². The topological polar surface area (TPSA) is 85.9 Å². The largest absolute Gasteiger partial charge is 0.331 e. The van der Waals surface area contributed by atoms with Gasteiger partial charge >= 0.3 is 15.1 Å². The van der Waals surface area contributed by atoms with E-state index < -0.39 is 36.9 Å². The van der Waals surface area contributed by atoms with E-state index in [0.29, 0.717) is 0 Å². The Hall–Kier alpha value is 0.910. The second-order valence-electron chi connectivity index (χ2n) is 10.2. The SMILES string of the molecule is CN(C)P(=O)(N=P(N=P(C)(C)C)(N=P(C)(N(C)C)N(C)C)N=P(C)(N(C)C)N(C)C)N(C)C. The number of nitrogens with zero attached hydrogens (tertiary/aromatic N) is 10. The van der Waals surface area contributed by atoms with Gasteiger partial charge in [0.05, 0.1) is 0 Å². The zero-order chi connectivity index (χ0) is 26.8. The fourth-order valence-corrected chi connectivity index (χ4v) is 19.2. The van der Waals surface area contributed by atoms with Gasteiger partial charge in [0, 0.05) is 0 Å². The quantitative estimate of drug-likeness (QED) is 0.308. The monoisotopic (exact) mass is 566 g/mol. The van der Waals surface area contributed by atoms with Crippen molar-refractivity contribution in [2.24, 2.45) is 18.1 Å². The molecule has 0 saturated carbocycles. The van der Waals surface area contributed by atoms with Crippen LogP contribution in [0.3, 0.4) is 0 Å². The van der Waals surface area contributed by atoms with Crippen molar-refractivity contribution in [2.45, 2.75) is 0 Å². The molecule has 0 rings (SSSR count). The van der Waals surface area contributed by atoms with Crippen molar-refractivity contribution in [1.82, 2.24) is 28.0 Å². The summed E-state index contributed by atoms with van der Waals surface area (Å²) < 4.78 is 47.6. The molecule has 0 atom stereocenters. The van der Waals surface area contributed by atoms with Crippen molar-refractivity contribution in [1.29, 1.82) is 0 Å². The van der Waals surface area contributed by atoms with E-state index in [1.54, 1.807) is 37.5 Å². The molecule has 0 saturated heterocycles. The van der Waals surface area contributed by atoms with Crippen LogP contribution in [0.25, 0.3) is 0 Å². The fraction of sp³-hybridized carbons (Fsp3) is 1.00. The Morgan fingerprint density at radius 2 is 0.697 bits per heavy atom. The second-order valence-corrected chi connectivity index (χ2v) is 27.3. The lowest BCUT2D eigenvalue weighted by Gasteiger charge is -2.38. The molecule has 0 aromatic carbocycles. The van der Waals surface area contributed by atoms with Crippen LogP contribution in [-0.4, -0.2) is 146 Å². The first-order chi connectivity index (χ1) is 14.5. The van der Waals surface area contributed by atoms with E-state index in [1.165, 1.54) is 0 Å². The summed E-state index contributed by atoms with van der Waals surface area (Å²) in [5.74, 6) is 0. The smallest absolute Gasteiger partial charge is 0.264 e. The average Bonchev–Trinajstić information content (AvgIpc) is 2.58. The predicted molar refractivity (Wildman–Crippen MR) is 157 cm³/mol. The summed E-state index contributed by atoms with van der Waals surface area (Å²) in [4.78, 5) is 0. The Labute approximate surface area is 205 Å². The Kier molecular flexibility index (Phi) is 12.3. The summed E-state index contributed by atoms with van der Waals surface area (Å²) in [5, 5.41) is 0. The van der Waals surface area contributed by atoms with E-state index in [-0.39, 0.29) is 0 Å². The fourth-order valence-electron chi connectivity index (χ4n) is 2.63. The molecule has 0 bridgehead atoms.